The average molecular weight is 378 g/mol. The van der Waals surface area contributed by atoms with E-state index in [1.807, 2.05) is 36.4 Å². The lowest BCUT2D eigenvalue weighted by atomic mass is 10.1. The highest BCUT2D eigenvalue weighted by molar-refractivity contribution is 5.93. The van der Waals surface area contributed by atoms with Gasteiger partial charge in [0.1, 0.15) is 23.9 Å². The van der Waals surface area contributed by atoms with Crippen LogP contribution in [-0.2, 0) is 13.2 Å². The molecule has 0 bridgehead atoms. The third-order valence-corrected chi connectivity index (χ3v) is 4.20. The van der Waals surface area contributed by atoms with Crippen molar-refractivity contribution in [1.29, 1.82) is 0 Å². The summed E-state index contributed by atoms with van der Waals surface area (Å²) in [6.45, 7) is 0.428. The number of methoxy groups -OCH3 is 1. The second-order valence-electron chi connectivity index (χ2n) is 6.00. The topological polar surface area (TPSA) is 102 Å². The van der Waals surface area contributed by atoms with E-state index < -0.39 is 0 Å². The fraction of sp³-hybridized carbons (Fsp3) is 0.150. The number of fused-ring (bicyclic) bond motifs is 1. The van der Waals surface area contributed by atoms with Gasteiger partial charge in [-0.3, -0.25) is 4.79 Å². The standard InChI is InChI=1S/C20H18N4O4/c1-26-17-6-7-18(15-5-3-2-4-14(15)17)27-12-13-10-16(24-28-13)20(25)23-11-19-21-8-9-22-19/h2-10H,11-12H2,1H3,(H,21,22)(H,23,25). The Morgan fingerprint density at radius 1 is 1.18 bits per heavy atom. The third kappa shape index (κ3) is 3.66. The van der Waals surface area contributed by atoms with Crippen LogP contribution in [0.25, 0.3) is 10.8 Å². The van der Waals surface area contributed by atoms with Crippen molar-refractivity contribution >= 4 is 16.7 Å². The minimum absolute atomic E-state index is 0.148. The largest absolute Gasteiger partial charge is 0.496 e. The Morgan fingerprint density at radius 3 is 2.71 bits per heavy atom. The summed E-state index contributed by atoms with van der Waals surface area (Å²) in [5.41, 5.74) is 0.185. The van der Waals surface area contributed by atoms with Gasteiger partial charge in [0.15, 0.2) is 11.5 Å². The van der Waals surface area contributed by atoms with E-state index in [2.05, 4.69) is 20.4 Å². The number of carbonyl (C=O) groups is 1. The Balaban J connectivity index is 1.42. The maximum Gasteiger partial charge on any atom is 0.273 e. The number of hydrogen-bond acceptors (Lipinski definition) is 6. The van der Waals surface area contributed by atoms with E-state index in [-0.39, 0.29) is 24.8 Å². The molecule has 0 aliphatic rings. The summed E-state index contributed by atoms with van der Waals surface area (Å²) in [4.78, 5) is 19.1. The second-order valence-corrected chi connectivity index (χ2v) is 6.00. The summed E-state index contributed by atoms with van der Waals surface area (Å²) < 4.78 is 16.5. The Hall–Kier alpha value is -3.81. The first-order valence-corrected chi connectivity index (χ1v) is 8.65. The predicted molar refractivity (Wildman–Crippen MR) is 101 cm³/mol. The molecular formula is C20H18N4O4. The van der Waals surface area contributed by atoms with Crippen LogP contribution in [0.5, 0.6) is 11.5 Å². The van der Waals surface area contributed by atoms with Crippen LogP contribution in [0, 0.1) is 0 Å². The van der Waals surface area contributed by atoms with Gasteiger partial charge in [0.2, 0.25) is 0 Å². The third-order valence-electron chi connectivity index (χ3n) is 4.20. The molecular weight excluding hydrogens is 360 g/mol. The van der Waals surface area contributed by atoms with Gasteiger partial charge in [0.25, 0.3) is 5.91 Å². The average Bonchev–Trinajstić information content (AvgIpc) is 3.42. The molecule has 2 aromatic heterocycles. The Kier molecular flexibility index (Phi) is 4.92. The number of ether oxygens (including phenoxy) is 2. The molecule has 1 amide bonds. The van der Waals surface area contributed by atoms with E-state index in [1.54, 1.807) is 25.6 Å². The lowest BCUT2D eigenvalue weighted by Gasteiger charge is -2.10. The molecule has 0 unspecified atom stereocenters. The van der Waals surface area contributed by atoms with E-state index >= 15 is 0 Å². The number of imidazole rings is 1. The van der Waals surface area contributed by atoms with Crippen LogP contribution in [-0.4, -0.2) is 28.1 Å². The molecule has 0 spiro atoms. The number of aromatic amines is 1. The quantitative estimate of drug-likeness (QED) is 0.512. The minimum Gasteiger partial charge on any atom is -0.496 e. The molecule has 0 saturated carbocycles. The van der Waals surface area contributed by atoms with Gasteiger partial charge in [-0.15, -0.1) is 0 Å². The van der Waals surface area contributed by atoms with Crippen molar-refractivity contribution in [2.24, 2.45) is 0 Å². The molecule has 142 valence electrons. The fourth-order valence-electron chi connectivity index (χ4n) is 2.83. The first-order valence-electron chi connectivity index (χ1n) is 8.65. The van der Waals surface area contributed by atoms with Crippen molar-refractivity contribution < 1.29 is 18.8 Å². The number of H-pyrrole nitrogens is 1. The summed E-state index contributed by atoms with van der Waals surface area (Å²) in [6, 6.07) is 13.1. The Morgan fingerprint density at radius 2 is 1.96 bits per heavy atom. The fourth-order valence-corrected chi connectivity index (χ4v) is 2.83. The number of hydrogen-bond donors (Lipinski definition) is 2. The highest BCUT2D eigenvalue weighted by atomic mass is 16.5. The molecule has 4 aromatic rings. The molecule has 2 N–H and O–H groups in total. The molecule has 4 rings (SSSR count). The number of benzene rings is 2. The van der Waals surface area contributed by atoms with Gasteiger partial charge in [-0.25, -0.2) is 4.98 Å². The zero-order valence-electron chi connectivity index (χ0n) is 15.1. The first-order chi connectivity index (χ1) is 13.7. The SMILES string of the molecule is COc1ccc(OCc2cc(C(=O)NCc3ncc[nH]3)no2)c2ccccc12. The van der Waals surface area contributed by atoms with Gasteiger partial charge in [0.05, 0.1) is 13.7 Å². The molecule has 8 nitrogen and oxygen atoms in total. The number of amides is 1. The molecule has 0 radical (unpaired) electrons. The lowest BCUT2D eigenvalue weighted by molar-refractivity contribution is 0.0940. The first kappa shape index (κ1) is 17.6. The zero-order chi connectivity index (χ0) is 19.3. The summed E-state index contributed by atoms with van der Waals surface area (Å²) >= 11 is 0. The van der Waals surface area contributed by atoms with Crippen LogP contribution in [0.2, 0.25) is 0 Å². The van der Waals surface area contributed by atoms with Crippen molar-refractivity contribution in [3.8, 4) is 11.5 Å². The molecule has 28 heavy (non-hydrogen) atoms. The highest BCUT2D eigenvalue weighted by Crippen LogP contribution is 2.33. The van der Waals surface area contributed by atoms with Gasteiger partial charge in [0, 0.05) is 29.2 Å². The Bertz CT molecular complexity index is 1090. The van der Waals surface area contributed by atoms with Gasteiger partial charge >= 0.3 is 0 Å². The van der Waals surface area contributed by atoms with Crippen molar-refractivity contribution in [3.63, 3.8) is 0 Å². The lowest BCUT2D eigenvalue weighted by Crippen LogP contribution is -2.23. The van der Waals surface area contributed by atoms with Crippen molar-refractivity contribution in [3.05, 3.63) is 72.1 Å². The van der Waals surface area contributed by atoms with Gasteiger partial charge in [-0.05, 0) is 12.1 Å². The summed E-state index contributed by atoms with van der Waals surface area (Å²) in [5, 5.41) is 8.40. The maximum atomic E-state index is 12.1. The van der Waals surface area contributed by atoms with Gasteiger partial charge in [-0.2, -0.15) is 0 Å². The van der Waals surface area contributed by atoms with Crippen LogP contribution >= 0.6 is 0 Å². The molecule has 8 heteroatoms. The van der Waals surface area contributed by atoms with E-state index in [9.17, 15) is 4.79 Å². The second kappa shape index (κ2) is 7.83. The number of aromatic nitrogens is 3. The molecule has 0 atom stereocenters. The normalized spacial score (nSPS) is 10.8. The molecule has 0 aliphatic carbocycles. The van der Waals surface area contributed by atoms with Crippen LogP contribution in [0.1, 0.15) is 22.1 Å². The minimum atomic E-state index is -0.346. The molecule has 2 heterocycles. The van der Waals surface area contributed by atoms with Gasteiger partial charge < -0.3 is 24.3 Å². The van der Waals surface area contributed by atoms with E-state index in [0.29, 0.717) is 17.3 Å². The van der Waals surface area contributed by atoms with Crippen LogP contribution in [0.3, 0.4) is 0 Å². The van der Waals surface area contributed by atoms with E-state index in [4.69, 9.17) is 14.0 Å². The van der Waals surface area contributed by atoms with E-state index in [0.717, 1.165) is 16.5 Å². The van der Waals surface area contributed by atoms with Crippen LogP contribution in [0.4, 0.5) is 0 Å². The van der Waals surface area contributed by atoms with Crippen molar-refractivity contribution in [2.45, 2.75) is 13.2 Å². The van der Waals surface area contributed by atoms with E-state index in [1.165, 1.54) is 0 Å². The number of rotatable bonds is 7. The monoisotopic (exact) mass is 378 g/mol. The number of nitrogens with zero attached hydrogens (tertiary/aromatic N) is 2. The van der Waals surface area contributed by atoms with Crippen molar-refractivity contribution in [2.75, 3.05) is 7.11 Å². The number of carbonyl (C=O) groups excluding carboxylic acids is 1. The number of nitrogens with one attached hydrogen (secondary N) is 2. The van der Waals surface area contributed by atoms with Crippen LogP contribution < -0.4 is 14.8 Å². The summed E-state index contributed by atoms with van der Waals surface area (Å²) in [6.07, 6.45) is 3.31. The van der Waals surface area contributed by atoms with Crippen LogP contribution in [0.15, 0.2) is 59.4 Å². The molecule has 0 saturated heterocycles. The highest BCUT2D eigenvalue weighted by Gasteiger charge is 2.14. The summed E-state index contributed by atoms with van der Waals surface area (Å²) in [7, 11) is 1.63. The Labute approximate surface area is 160 Å². The molecule has 2 aromatic carbocycles. The predicted octanol–water partition coefficient (Wildman–Crippen LogP) is 3.07. The molecule has 0 fully saturated rings. The summed E-state index contributed by atoms with van der Waals surface area (Å²) in [5.74, 6) is 2.23. The van der Waals surface area contributed by atoms with Gasteiger partial charge in [-0.1, -0.05) is 29.4 Å². The molecule has 0 aliphatic heterocycles. The maximum absolute atomic E-state index is 12.1. The smallest absolute Gasteiger partial charge is 0.273 e. The van der Waals surface area contributed by atoms with Crippen molar-refractivity contribution in [1.82, 2.24) is 20.4 Å². The zero-order valence-corrected chi connectivity index (χ0v) is 15.1.